The number of benzene rings is 3. The highest BCUT2D eigenvalue weighted by atomic mass is 32.2. The van der Waals surface area contributed by atoms with Gasteiger partial charge in [0.2, 0.25) is 10.0 Å². The van der Waals surface area contributed by atoms with E-state index < -0.39 is 10.0 Å². The average Bonchev–Trinajstić information content (AvgIpc) is 3.50. The van der Waals surface area contributed by atoms with E-state index in [9.17, 15) is 13.2 Å². The molecular weight excluding hydrogens is 484 g/mol. The second kappa shape index (κ2) is 10.8. The molecule has 5 rings (SSSR count). The maximum absolute atomic E-state index is 13.2. The number of rotatable bonds is 9. The van der Waals surface area contributed by atoms with Crippen molar-refractivity contribution in [2.75, 3.05) is 34.2 Å². The molecule has 2 heterocycles. The summed E-state index contributed by atoms with van der Waals surface area (Å²) in [6.45, 7) is 5.06. The van der Waals surface area contributed by atoms with Gasteiger partial charge < -0.3 is 10.6 Å². The molecule has 0 aromatic heterocycles. The highest BCUT2D eigenvalue weighted by Crippen LogP contribution is 2.39. The van der Waals surface area contributed by atoms with Crippen LogP contribution in [0.4, 0.5) is 17.1 Å². The third-order valence-electron chi connectivity index (χ3n) is 6.65. The lowest BCUT2D eigenvalue weighted by molar-refractivity contribution is -0.110. The summed E-state index contributed by atoms with van der Waals surface area (Å²) >= 11 is 0. The number of fused-ring (bicyclic) bond motifs is 1. The van der Waals surface area contributed by atoms with Crippen LogP contribution in [0.15, 0.2) is 72.8 Å². The third-order valence-corrected chi connectivity index (χ3v) is 8.14. The van der Waals surface area contributed by atoms with Crippen LogP contribution in [0.3, 0.4) is 0 Å². The molecule has 3 aromatic carbocycles. The summed E-state index contributed by atoms with van der Waals surface area (Å²) in [7, 11) is -3.46. The van der Waals surface area contributed by atoms with Gasteiger partial charge in [0.25, 0.3) is 5.91 Å². The van der Waals surface area contributed by atoms with Gasteiger partial charge in [0.15, 0.2) is 0 Å². The van der Waals surface area contributed by atoms with Crippen molar-refractivity contribution in [2.24, 2.45) is 0 Å². The molecule has 0 unspecified atom stereocenters. The minimum Gasteiger partial charge on any atom is -0.354 e. The monoisotopic (exact) mass is 516 g/mol. The smallest absolute Gasteiger partial charge is 0.258 e. The summed E-state index contributed by atoms with van der Waals surface area (Å²) in [5, 5.41) is 6.41. The summed E-state index contributed by atoms with van der Waals surface area (Å²) in [5.41, 5.74) is 5.86. The van der Waals surface area contributed by atoms with Crippen LogP contribution in [0, 0.1) is 0 Å². The lowest BCUT2D eigenvalue weighted by atomic mass is 9.99. The summed E-state index contributed by atoms with van der Waals surface area (Å²) in [6, 6.07) is 23.2. The SMILES string of the molecule is CCCS(=O)(=O)Nc1ccc2c(c1)/C(=C(\Nc1ccc(CN3CCCC3)cc1)c1ccccc1)C(=O)N2. The van der Waals surface area contributed by atoms with Crippen LogP contribution in [0.25, 0.3) is 11.3 Å². The first kappa shape index (κ1) is 25.0. The van der Waals surface area contributed by atoms with Gasteiger partial charge in [-0.2, -0.15) is 0 Å². The molecule has 0 aliphatic carbocycles. The molecule has 0 bridgehead atoms. The Hall–Kier alpha value is -3.62. The first-order valence-electron chi connectivity index (χ1n) is 12.8. The highest BCUT2D eigenvalue weighted by molar-refractivity contribution is 7.92. The van der Waals surface area contributed by atoms with Crippen LogP contribution in [0.1, 0.15) is 42.9 Å². The van der Waals surface area contributed by atoms with Crippen LogP contribution in [-0.2, 0) is 21.4 Å². The fourth-order valence-electron chi connectivity index (χ4n) is 4.90. The zero-order valence-corrected chi connectivity index (χ0v) is 21.8. The van der Waals surface area contributed by atoms with E-state index in [4.69, 9.17) is 0 Å². The minimum atomic E-state index is -3.46. The van der Waals surface area contributed by atoms with Crippen LogP contribution < -0.4 is 15.4 Å². The maximum Gasteiger partial charge on any atom is 0.258 e. The van der Waals surface area contributed by atoms with Gasteiger partial charge in [-0.05, 0) is 73.8 Å². The molecule has 0 spiro atoms. The number of sulfonamides is 1. The molecule has 3 N–H and O–H groups in total. The van der Waals surface area contributed by atoms with E-state index >= 15 is 0 Å². The molecule has 8 heteroatoms. The van der Waals surface area contributed by atoms with Crippen LogP contribution in [0.2, 0.25) is 0 Å². The second-order valence-electron chi connectivity index (χ2n) is 9.56. The van der Waals surface area contributed by atoms with Crippen LogP contribution in [0.5, 0.6) is 0 Å². The van der Waals surface area contributed by atoms with Crippen molar-refractivity contribution < 1.29 is 13.2 Å². The van der Waals surface area contributed by atoms with Gasteiger partial charge in [0.05, 0.1) is 17.0 Å². The molecule has 1 saturated heterocycles. The second-order valence-corrected chi connectivity index (χ2v) is 11.4. The van der Waals surface area contributed by atoms with E-state index in [-0.39, 0.29) is 11.7 Å². The number of hydrogen-bond acceptors (Lipinski definition) is 5. The first-order valence-corrected chi connectivity index (χ1v) is 14.4. The number of carbonyl (C=O) groups excluding carboxylic acids is 1. The molecule has 37 heavy (non-hydrogen) atoms. The average molecular weight is 517 g/mol. The fraction of sp³-hybridized carbons (Fsp3) is 0.276. The Morgan fingerprint density at radius 1 is 0.946 bits per heavy atom. The number of hydrogen-bond donors (Lipinski definition) is 3. The Labute approximate surface area is 218 Å². The Bertz CT molecular complexity index is 1410. The van der Waals surface area contributed by atoms with Gasteiger partial charge in [0, 0.05) is 29.2 Å². The van der Waals surface area contributed by atoms with E-state index in [1.165, 1.54) is 18.4 Å². The minimum absolute atomic E-state index is 0.0362. The zero-order chi connectivity index (χ0) is 25.8. The zero-order valence-electron chi connectivity index (χ0n) is 21.0. The predicted octanol–water partition coefficient (Wildman–Crippen LogP) is 5.37. The van der Waals surface area contributed by atoms with E-state index in [1.54, 1.807) is 18.2 Å². The number of nitrogens with one attached hydrogen (secondary N) is 3. The summed E-state index contributed by atoms with van der Waals surface area (Å²) in [4.78, 5) is 15.7. The first-order chi connectivity index (χ1) is 17.9. The van der Waals surface area contributed by atoms with Crippen LogP contribution in [-0.4, -0.2) is 38.1 Å². The number of anilines is 3. The van der Waals surface area contributed by atoms with E-state index in [1.807, 2.05) is 49.4 Å². The number of likely N-dealkylation sites (tertiary alicyclic amines) is 1. The summed E-state index contributed by atoms with van der Waals surface area (Å²) in [6.07, 6.45) is 3.04. The topological polar surface area (TPSA) is 90.5 Å². The highest BCUT2D eigenvalue weighted by Gasteiger charge is 2.29. The number of amides is 1. The van der Waals surface area contributed by atoms with Crippen molar-refractivity contribution in [3.05, 3.63) is 89.5 Å². The standard InChI is InChI=1S/C29H32N4O3S/c1-2-18-37(35,36)32-24-14-15-26-25(19-24)27(29(34)31-26)28(22-8-4-3-5-9-22)30-23-12-10-21(11-13-23)20-33-16-6-7-17-33/h3-5,8-15,19,30,32H,2,6-7,16-18,20H2,1H3,(H,31,34)/b28-27+. The normalized spacial score (nSPS) is 16.8. The number of nitrogens with zero attached hydrogens (tertiary/aromatic N) is 1. The van der Waals surface area contributed by atoms with Crippen molar-refractivity contribution in [3.8, 4) is 0 Å². The molecule has 3 aromatic rings. The Balaban J connectivity index is 1.50. The van der Waals surface area contributed by atoms with E-state index in [0.29, 0.717) is 34.6 Å². The maximum atomic E-state index is 13.2. The van der Waals surface area contributed by atoms with Gasteiger partial charge in [0.1, 0.15) is 0 Å². The third kappa shape index (κ3) is 5.87. The van der Waals surface area contributed by atoms with Gasteiger partial charge in [-0.25, -0.2) is 8.42 Å². The molecule has 2 aliphatic heterocycles. The lowest BCUT2D eigenvalue weighted by Gasteiger charge is -2.17. The quantitative estimate of drug-likeness (QED) is 0.333. The molecular formula is C29H32N4O3S. The summed E-state index contributed by atoms with van der Waals surface area (Å²) in [5.74, 6) is -0.199. The van der Waals surface area contributed by atoms with Crippen molar-refractivity contribution in [1.29, 1.82) is 0 Å². The summed E-state index contributed by atoms with van der Waals surface area (Å²) < 4.78 is 27.4. The number of carbonyl (C=O) groups is 1. The molecule has 0 atom stereocenters. The molecule has 192 valence electrons. The van der Waals surface area contributed by atoms with Gasteiger partial charge in [-0.3, -0.25) is 14.4 Å². The molecule has 1 fully saturated rings. The molecule has 7 nitrogen and oxygen atoms in total. The molecule has 2 aliphatic rings. The predicted molar refractivity (Wildman–Crippen MR) is 151 cm³/mol. The van der Waals surface area contributed by atoms with Gasteiger partial charge in [-0.15, -0.1) is 0 Å². The van der Waals surface area contributed by atoms with Crippen LogP contribution >= 0.6 is 0 Å². The van der Waals surface area contributed by atoms with Crippen molar-refractivity contribution in [3.63, 3.8) is 0 Å². The van der Waals surface area contributed by atoms with Gasteiger partial charge >= 0.3 is 0 Å². The van der Waals surface area contributed by atoms with Crippen molar-refractivity contribution in [1.82, 2.24) is 4.90 Å². The molecule has 0 saturated carbocycles. The fourth-order valence-corrected chi connectivity index (χ4v) is 6.02. The molecule has 0 radical (unpaired) electrons. The largest absolute Gasteiger partial charge is 0.354 e. The van der Waals surface area contributed by atoms with Crippen molar-refractivity contribution >= 4 is 44.3 Å². The Morgan fingerprint density at radius 3 is 2.35 bits per heavy atom. The van der Waals surface area contributed by atoms with Gasteiger partial charge in [-0.1, -0.05) is 49.4 Å². The van der Waals surface area contributed by atoms with Crippen molar-refractivity contribution in [2.45, 2.75) is 32.7 Å². The van der Waals surface area contributed by atoms with E-state index in [0.717, 1.165) is 30.9 Å². The Morgan fingerprint density at radius 2 is 1.65 bits per heavy atom. The van der Waals surface area contributed by atoms with E-state index in [2.05, 4.69) is 32.4 Å². The lowest BCUT2D eigenvalue weighted by Crippen LogP contribution is -2.18. The molecule has 1 amide bonds. The Kier molecular flexibility index (Phi) is 7.30.